The van der Waals surface area contributed by atoms with Crippen molar-refractivity contribution in [3.8, 4) is 0 Å². The van der Waals surface area contributed by atoms with Crippen LogP contribution in [0.25, 0.3) is 0 Å². The number of aromatic nitrogens is 2. The molecule has 0 saturated heterocycles. The molecule has 0 bridgehead atoms. The molecule has 0 radical (unpaired) electrons. The molecule has 1 heterocycles. The van der Waals surface area contributed by atoms with Crippen molar-refractivity contribution in [3.63, 3.8) is 0 Å². The molecule has 0 aromatic carbocycles. The minimum Gasteiger partial charge on any atom is -0.481 e. The number of amides is 1. The van der Waals surface area contributed by atoms with Gasteiger partial charge in [0.25, 0.3) is 11.5 Å². The highest BCUT2D eigenvalue weighted by Gasteiger charge is 2.44. The second-order valence-corrected chi connectivity index (χ2v) is 4.61. The van der Waals surface area contributed by atoms with E-state index < -0.39 is 28.5 Å². The van der Waals surface area contributed by atoms with Crippen LogP contribution in [0.4, 0.5) is 0 Å². The fourth-order valence-electron chi connectivity index (χ4n) is 1.99. The van der Waals surface area contributed by atoms with Crippen LogP contribution in [0.5, 0.6) is 0 Å². The number of nitrogens with one attached hydrogen (secondary N) is 3. The van der Waals surface area contributed by atoms with Crippen molar-refractivity contribution in [2.75, 3.05) is 6.54 Å². The van der Waals surface area contributed by atoms with Crippen molar-refractivity contribution in [2.24, 2.45) is 5.41 Å². The molecule has 0 unspecified atom stereocenters. The average molecular weight is 267 g/mol. The maximum absolute atomic E-state index is 11.7. The molecule has 8 heteroatoms. The number of carboxylic acids is 1. The van der Waals surface area contributed by atoms with Crippen LogP contribution in [0, 0.1) is 5.41 Å². The summed E-state index contributed by atoms with van der Waals surface area (Å²) in [5.74, 6) is -1.65. The van der Waals surface area contributed by atoms with E-state index in [4.69, 9.17) is 5.11 Å². The van der Waals surface area contributed by atoms with E-state index in [1.165, 1.54) is 0 Å². The maximum atomic E-state index is 11.7. The van der Waals surface area contributed by atoms with Gasteiger partial charge in [-0.2, -0.15) is 0 Å². The summed E-state index contributed by atoms with van der Waals surface area (Å²) in [6, 6.07) is 0. The van der Waals surface area contributed by atoms with E-state index in [1.807, 2.05) is 4.98 Å². The van der Waals surface area contributed by atoms with Gasteiger partial charge in [0.15, 0.2) is 0 Å². The molecule has 0 atom stereocenters. The lowest BCUT2D eigenvalue weighted by atomic mass is 9.69. The topological polar surface area (TPSA) is 132 Å². The predicted octanol–water partition coefficient (Wildman–Crippen LogP) is -0.952. The van der Waals surface area contributed by atoms with Crippen molar-refractivity contribution in [1.29, 1.82) is 0 Å². The van der Waals surface area contributed by atoms with E-state index in [0.29, 0.717) is 12.8 Å². The number of carbonyl (C=O) groups is 2. The molecule has 1 aliphatic carbocycles. The lowest BCUT2D eigenvalue weighted by Crippen LogP contribution is -2.48. The number of H-pyrrole nitrogens is 2. The average Bonchev–Trinajstić information content (AvgIpc) is 2.26. The summed E-state index contributed by atoms with van der Waals surface area (Å²) in [5, 5.41) is 11.5. The van der Waals surface area contributed by atoms with Gasteiger partial charge in [0.1, 0.15) is 5.56 Å². The van der Waals surface area contributed by atoms with E-state index >= 15 is 0 Å². The highest BCUT2D eigenvalue weighted by Crippen LogP contribution is 2.40. The third kappa shape index (κ3) is 2.42. The van der Waals surface area contributed by atoms with Crippen LogP contribution in [-0.4, -0.2) is 33.5 Å². The number of hydrogen-bond acceptors (Lipinski definition) is 4. The van der Waals surface area contributed by atoms with E-state index in [9.17, 15) is 19.2 Å². The lowest BCUT2D eigenvalue weighted by molar-refractivity contribution is -0.153. The predicted molar refractivity (Wildman–Crippen MR) is 63.9 cm³/mol. The van der Waals surface area contributed by atoms with Gasteiger partial charge in [-0.1, -0.05) is 6.42 Å². The van der Waals surface area contributed by atoms with Gasteiger partial charge in [0, 0.05) is 12.7 Å². The Labute approximate surface area is 106 Å². The zero-order chi connectivity index (χ0) is 14.0. The Morgan fingerprint density at radius 2 is 2.05 bits per heavy atom. The van der Waals surface area contributed by atoms with Crippen LogP contribution in [0.3, 0.4) is 0 Å². The van der Waals surface area contributed by atoms with E-state index in [1.54, 1.807) is 0 Å². The quantitative estimate of drug-likeness (QED) is 0.558. The van der Waals surface area contributed by atoms with Crippen LogP contribution >= 0.6 is 0 Å². The molecule has 19 heavy (non-hydrogen) atoms. The normalized spacial score (nSPS) is 16.4. The Balaban J connectivity index is 2.08. The highest BCUT2D eigenvalue weighted by molar-refractivity contribution is 5.93. The summed E-state index contributed by atoms with van der Waals surface area (Å²) in [4.78, 5) is 49.1. The first-order chi connectivity index (χ1) is 8.94. The molecule has 1 fully saturated rings. The van der Waals surface area contributed by atoms with E-state index in [2.05, 4.69) is 10.3 Å². The Hall–Kier alpha value is -2.38. The van der Waals surface area contributed by atoms with Gasteiger partial charge >= 0.3 is 11.7 Å². The van der Waals surface area contributed by atoms with Gasteiger partial charge in [-0.15, -0.1) is 0 Å². The number of carboxylic acid groups (broad SMARTS) is 1. The Morgan fingerprint density at radius 3 is 2.53 bits per heavy atom. The minimum atomic E-state index is -0.950. The van der Waals surface area contributed by atoms with Crippen LogP contribution < -0.4 is 16.6 Å². The molecule has 2 rings (SSSR count). The second kappa shape index (κ2) is 4.71. The van der Waals surface area contributed by atoms with Crippen LogP contribution in [-0.2, 0) is 4.79 Å². The zero-order valence-electron chi connectivity index (χ0n) is 9.99. The van der Waals surface area contributed by atoms with Crippen LogP contribution in [0.1, 0.15) is 29.6 Å². The van der Waals surface area contributed by atoms with Crippen molar-refractivity contribution >= 4 is 11.9 Å². The van der Waals surface area contributed by atoms with Gasteiger partial charge in [-0.3, -0.25) is 19.4 Å². The molecule has 1 aromatic heterocycles. The summed E-state index contributed by atoms with van der Waals surface area (Å²) in [7, 11) is 0. The molecule has 1 aromatic rings. The van der Waals surface area contributed by atoms with Crippen molar-refractivity contribution < 1.29 is 14.7 Å². The van der Waals surface area contributed by atoms with Gasteiger partial charge in [-0.05, 0) is 12.8 Å². The largest absolute Gasteiger partial charge is 0.481 e. The Morgan fingerprint density at radius 1 is 1.37 bits per heavy atom. The monoisotopic (exact) mass is 267 g/mol. The number of aromatic amines is 2. The van der Waals surface area contributed by atoms with Crippen LogP contribution in [0.15, 0.2) is 15.8 Å². The SMILES string of the molecule is O=C(NCC1(C(=O)O)CCC1)c1c[nH]c(=O)[nH]c1=O. The molecule has 8 nitrogen and oxygen atoms in total. The van der Waals surface area contributed by atoms with Crippen LogP contribution in [0.2, 0.25) is 0 Å². The lowest BCUT2D eigenvalue weighted by Gasteiger charge is -2.37. The van der Waals surface area contributed by atoms with Gasteiger partial charge < -0.3 is 15.4 Å². The summed E-state index contributed by atoms with van der Waals surface area (Å²) >= 11 is 0. The third-order valence-corrected chi connectivity index (χ3v) is 3.42. The fraction of sp³-hybridized carbons (Fsp3) is 0.455. The summed E-state index contributed by atoms with van der Waals surface area (Å²) in [6.45, 7) is -0.0280. The molecule has 102 valence electrons. The summed E-state index contributed by atoms with van der Waals surface area (Å²) in [6.07, 6.45) is 2.82. The molecular weight excluding hydrogens is 254 g/mol. The molecule has 1 saturated carbocycles. The zero-order valence-corrected chi connectivity index (χ0v) is 9.99. The Bertz CT molecular complexity index is 626. The van der Waals surface area contributed by atoms with Gasteiger partial charge in [-0.25, -0.2) is 4.79 Å². The van der Waals surface area contributed by atoms with Crippen molar-refractivity contribution in [2.45, 2.75) is 19.3 Å². The van der Waals surface area contributed by atoms with Gasteiger partial charge in [0.2, 0.25) is 0 Å². The first kappa shape index (κ1) is 13.1. The molecule has 0 aliphatic heterocycles. The maximum Gasteiger partial charge on any atom is 0.325 e. The number of hydrogen-bond donors (Lipinski definition) is 4. The smallest absolute Gasteiger partial charge is 0.325 e. The molecule has 1 amide bonds. The molecule has 1 aliphatic rings. The Kier molecular flexibility index (Phi) is 3.24. The first-order valence-electron chi connectivity index (χ1n) is 5.78. The molecule has 0 spiro atoms. The number of carbonyl (C=O) groups excluding carboxylic acids is 1. The fourth-order valence-corrected chi connectivity index (χ4v) is 1.99. The summed E-state index contributed by atoms with van der Waals surface area (Å²) in [5.41, 5.74) is -2.69. The molecule has 4 N–H and O–H groups in total. The number of rotatable bonds is 4. The van der Waals surface area contributed by atoms with E-state index in [-0.39, 0.29) is 12.1 Å². The summed E-state index contributed by atoms with van der Waals surface area (Å²) < 4.78 is 0. The van der Waals surface area contributed by atoms with Gasteiger partial charge in [0.05, 0.1) is 5.41 Å². The van der Waals surface area contributed by atoms with E-state index in [0.717, 1.165) is 12.6 Å². The third-order valence-electron chi connectivity index (χ3n) is 3.42. The van der Waals surface area contributed by atoms with Crippen molar-refractivity contribution in [3.05, 3.63) is 32.6 Å². The number of aliphatic carboxylic acids is 1. The van der Waals surface area contributed by atoms with Crippen molar-refractivity contribution in [1.82, 2.24) is 15.3 Å². The minimum absolute atomic E-state index is 0.0280. The standard InChI is InChI=1S/C11H13N3O5/c15-7(6-4-12-10(19)14-8(6)16)13-5-11(9(17)18)2-1-3-11/h4H,1-3,5H2,(H,13,15)(H,17,18)(H2,12,14,16,19). The first-order valence-corrected chi connectivity index (χ1v) is 5.78. The molecular formula is C11H13N3O5. The second-order valence-electron chi connectivity index (χ2n) is 4.61. The highest BCUT2D eigenvalue weighted by atomic mass is 16.4.